The summed E-state index contributed by atoms with van der Waals surface area (Å²) in [6.07, 6.45) is 0. The molecular weight excluding hydrogens is 420 g/mol. The number of methoxy groups -OCH3 is 1. The lowest BCUT2D eigenvalue weighted by atomic mass is 10.1. The number of amides is 1. The zero-order valence-electron chi connectivity index (χ0n) is 16.6. The highest BCUT2D eigenvalue weighted by atomic mass is 32.2. The van der Waals surface area contributed by atoms with Crippen molar-refractivity contribution in [3.8, 4) is 17.2 Å². The topological polar surface area (TPSA) is 103 Å². The van der Waals surface area contributed by atoms with Crippen molar-refractivity contribution in [1.82, 2.24) is 0 Å². The normalized spacial score (nSPS) is 12.7. The summed E-state index contributed by atoms with van der Waals surface area (Å²) in [6.45, 7) is 0.752. The molecule has 1 aliphatic rings. The van der Waals surface area contributed by atoms with Crippen molar-refractivity contribution in [2.45, 2.75) is 4.90 Å². The Morgan fingerprint density at radius 2 is 1.58 bits per heavy atom. The number of carbonyl (C=O) groups excluding carboxylic acids is 1. The van der Waals surface area contributed by atoms with Gasteiger partial charge in [-0.2, -0.15) is 0 Å². The molecule has 3 aromatic carbocycles. The lowest BCUT2D eigenvalue weighted by Gasteiger charge is -2.19. The van der Waals surface area contributed by atoms with Gasteiger partial charge < -0.3 is 19.5 Å². The molecule has 0 atom stereocenters. The Morgan fingerprint density at radius 3 is 2.35 bits per heavy atom. The van der Waals surface area contributed by atoms with Crippen molar-refractivity contribution in [2.75, 3.05) is 30.4 Å². The summed E-state index contributed by atoms with van der Waals surface area (Å²) in [4.78, 5) is 12.9. The van der Waals surface area contributed by atoms with Crippen molar-refractivity contribution in [2.24, 2.45) is 0 Å². The third-order valence-corrected chi connectivity index (χ3v) is 5.96. The minimum absolute atomic E-state index is 0.00306. The molecule has 160 valence electrons. The second-order valence-electron chi connectivity index (χ2n) is 6.61. The highest BCUT2D eigenvalue weighted by Gasteiger charge is 2.22. The van der Waals surface area contributed by atoms with Crippen LogP contribution >= 0.6 is 0 Å². The van der Waals surface area contributed by atoms with Crippen molar-refractivity contribution in [3.05, 3.63) is 72.3 Å². The molecular formula is C22H20N2O6S. The molecule has 0 aliphatic carbocycles. The van der Waals surface area contributed by atoms with E-state index in [2.05, 4.69) is 10.0 Å². The minimum Gasteiger partial charge on any atom is -0.495 e. The number of carbonyl (C=O) groups is 1. The van der Waals surface area contributed by atoms with E-state index >= 15 is 0 Å². The maximum Gasteiger partial charge on any atom is 0.262 e. The molecule has 2 N–H and O–H groups in total. The van der Waals surface area contributed by atoms with Gasteiger partial charge in [0, 0.05) is 6.07 Å². The molecule has 0 saturated carbocycles. The van der Waals surface area contributed by atoms with Gasteiger partial charge in [-0.15, -0.1) is 0 Å². The Hall–Kier alpha value is -3.72. The summed E-state index contributed by atoms with van der Waals surface area (Å²) in [5.74, 6) is 0.855. The van der Waals surface area contributed by atoms with E-state index in [4.69, 9.17) is 14.2 Å². The zero-order chi connectivity index (χ0) is 21.8. The van der Waals surface area contributed by atoms with Crippen LogP contribution < -0.4 is 24.2 Å². The van der Waals surface area contributed by atoms with E-state index in [1.165, 1.54) is 31.4 Å². The highest BCUT2D eigenvalue weighted by Crippen LogP contribution is 2.33. The molecule has 8 nitrogen and oxygen atoms in total. The lowest BCUT2D eigenvalue weighted by molar-refractivity contribution is 0.102. The van der Waals surface area contributed by atoms with Crippen molar-refractivity contribution in [3.63, 3.8) is 0 Å². The summed E-state index contributed by atoms with van der Waals surface area (Å²) in [5.41, 5.74) is 0.777. The fraction of sp³-hybridized carbons (Fsp3) is 0.136. The average Bonchev–Trinajstić information content (AvgIpc) is 2.79. The van der Waals surface area contributed by atoms with Crippen LogP contribution in [-0.4, -0.2) is 34.6 Å². The van der Waals surface area contributed by atoms with Crippen LogP contribution in [0, 0.1) is 0 Å². The van der Waals surface area contributed by atoms with E-state index in [0.717, 1.165) is 0 Å². The molecule has 0 unspecified atom stereocenters. The van der Waals surface area contributed by atoms with Gasteiger partial charge in [0.2, 0.25) is 0 Å². The molecule has 1 aliphatic heterocycles. The molecule has 3 aromatic rings. The fourth-order valence-electron chi connectivity index (χ4n) is 3.10. The van der Waals surface area contributed by atoms with Crippen molar-refractivity contribution in [1.29, 1.82) is 0 Å². The monoisotopic (exact) mass is 440 g/mol. The van der Waals surface area contributed by atoms with Gasteiger partial charge in [0.05, 0.1) is 28.9 Å². The summed E-state index contributed by atoms with van der Waals surface area (Å²) >= 11 is 0. The van der Waals surface area contributed by atoms with Crippen LogP contribution in [0.3, 0.4) is 0 Å². The predicted octanol–water partition coefficient (Wildman–Crippen LogP) is 3.52. The summed E-state index contributed by atoms with van der Waals surface area (Å²) in [7, 11) is -2.48. The van der Waals surface area contributed by atoms with E-state index in [0.29, 0.717) is 36.1 Å². The number of nitrogens with one attached hydrogen (secondary N) is 2. The number of para-hydroxylation sites is 3. The summed E-state index contributed by atoms with van der Waals surface area (Å²) < 4.78 is 44.6. The molecule has 4 rings (SSSR count). The SMILES string of the molecule is COc1ccccc1NC(=O)c1ccccc1NS(=O)(=O)c1ccc2c(c1)OCCO2. The van der Waals surface area contributed by atoms with Crippen LogP contribution in [0.15, 0.2) is 71.6 Å². The number of hydrogen-bond donors (Lipinski definition) is 2. The molecule has 0 radical (unpaired) electrons. The zero-order valence-corrected chi connectivity index (χ0v) is 17.4. The second kappa shape index (κ2) is 8.57. The summed E-state index contributed by atoms with van der Waals surface area (Å²) in [6, 6.07) is 17.7. The number of sulfonamides is 1. The third-order valence-electron chi connectivity index (χ3n) is 4.60. The van der Waals surface area contributed by atoms with E-state index < -0.39 is 15.9 Å². The molecule has 1 heterocycles. The molecule has 0 aromatic heterocycles. The molecule has 0 spiro atoms. The minimum atomic E-state index is -3.98. The van der Waals surface area contributed by atoms with Crippen molar-refractivity contribution >= 4 is 27.3 Å². The van der Waals surface area contributed by atoms with Crippen LogP contribution in [0.1, 0.15) is 10.4 Å². The van der Waals surface area contributed by atoms with Crippen LogP contribution in [-0.2, 0) is 10.0 Å². The Kier molecular flexibility index (Phi) is 5.68. The maximum absolute atomic E-state index is 13.0. The maximum atomic E-state index is 13.0. The molecule has 9 heteroatoms. The first-order chi connectivity index (χ1) is 15.0. The molecule has 0 saturated heterocycles. The fourth-order valence-corrected chi connectivity index (χ4v) is 4.20. The number of fused-ring (bicyclic) bond motifs is 1. The Bertz CT molecular complexity index is 1230. The summed E-state index contributed by atoms with van der Waals surface area (Å²) in [5, 5.41) is 2.75. The van der Waals surface area contributed by atoms with Crippen LogP contribution in [0.5, 0.6) is 17.2 Å². The van der Waals surface area contributed by atoms with Gasteiger partial charge >= 0.3 is 0 Å². The van der Waals surface area contributed by atoms with Gasteiger partial charge in [-0.25, -0.2) is 8.42 Å². The average molecular weight is 440 g/mol. The van der Waals surface area contributed by atoms with Crippen LogP contribution in [0.2, 0.25) is 0 Å². The number of ether oxygens (including phenoxy) is 3. The Balaban J connectivity index is 1.60. The van der Waals surface area contributed by atoms with Crippen LogP contribution in [0.4, 0.5) is 11.4 Å². The van der Waals surface area contributed by atoms with E-state index in [9.17, 15) is 13.2 Å². The third kappa shape index (κ3) is 4.41. The van der Waals surface area contributed by atoms with Gasteiger partial charge in [0.25, 0.3) is 15.9 Å². The largest absolute Gasteiger partial charge is 0.495 e. The Labute approximate surface area is 179 Å². The lowest BCUT2D eigenvalue weighted by Crippen LogP contribution is -2.20. The van der Waals surface area contributed by atoms with Crippen molar-refractivity contribution < 1.29 is 27.4 Å². The first kappa shape index (κ1) is 20.5. The van der Waals surface area contributed by atoms with Gasteiger partial charge in [-0.3, -0.25) is 9.52 Å². The molecule has 0 bridgehead atoms. The first-order valence-corrected chi connectivity index (χ1v) is 10.9. The molecule has 0 fully saturated rings. The first-order valence-electron chi connectivity index (χ1n) is 9.44. The number of benzene rings is 3. The van der Waals surface area contributed by atoms with E-state index in [-0.39, 0.29) is 16.1 Å². The number of hydrogen-bond acceptors (Lipinski definition) is 6. The van der Waals surface area contributed by atoms with E-state index in [1.807, 2.05) is 0 Å². The van der Waals surface area contributed by atoms with Gasteiger partial charge in [0.15, 0.2) is 11.5 Å². The van der Waals surface area contributed by atoms with Gasteiger partial charge in [0.1, 0.15) is 19.0 Å². The van der Waals surface area contributed by atoms with E-state index in [1.54, 1.807) is 42.5 Å². The molecule has 1 amide bonds. The molecule has 31 heavy (non-hydrogen) atoms. The number of rotatable bonds is 6. The smallest absolute Gasteiger partial charge is 0.262 e. The standard InChI is InChI=1S/C22H20N2O6S/c1-28-19-9-5-4-8-18(19)23-22(25)16-6-2-3-7-17(16)24-31(26,27)15-10-11-20-21(14-15)30-13-12-29-20/h2-11,14,24H,12-13H2,1H3,(H,23,25). The van der Waals surface area contributed by atoms with Crippen LogP contribution in [0.25, 0.3) is 0 Å². The van der Waals surface area contributed by atoms with Gasteiger partial charge in [-0.1, -0.05) is 24.3 Å². The van der Waals surface area contributed by atoms with Gasteiger partial charge in [-0.05, 0) is 36.4 Å². The quantitative estimate of drug-likeness (QED) is 0.608. The number of anilines is 2. The highest BCUT2D eigenvalue weighted by molar-refractivity contribution is 7.92. The second-order valence-corrected chi connectivity index (χ2v) is 8.29. The Morgan fingerprint density at radius 1 is 0.903 bits per heavy atom. The predicted molar refractivity (Wildman–Crippen MR) is 116 cm³/mol.